The molecule has 1 aliphatic carbocycles. The highest BCUT2D eigenvalue weighted by atomic mass is 16.1. The first-order chi connectivity index (χ1) is 7.27. The highest BCUT2D eigenvalue weighted by molar-refractivity contribution is 6.13. The van der Waals surface area contributed by atoms with Crippen LogP contribution in [0.3, 0.4) is 0 Å². The van der Waals surface area contributed by atoms with E-state index in [4.69, 9.17) is 10.5 Å². The van der Waals surface area contributed by atoms with Crippen molar-refractivity contribution in [2.75, 3.05) is 0 Å². The molecule has 1 aromatic carbocycles. The standard InChI is InChI=1S/C12H6N2O.N/c13-6-8(7-14)11-5-12(15)10-4-2-1-3-9(10)11;/h1-4H,5H2;. The van der Waals surface area contributed by atoms with Gasteiger partial charge in [0.2, 0.25) is 0 Å². The zero-order valence-electron chi connectivity index (χ0n) is 8.27. The van der Waals surface area contributed by atoms with Crippen LogP contribution in [-0.4, -0.2) is 5.78 Å². The zero-order chi connectivity index (χ0) is 10.8. The van der Waals surface area contributed by atoms with Crippen molar-refractivity contribution in [3.05, 3.63) is 41.0 Å². The molecule has 0 spiro atoms. The second-order valence-corrected chi connectivity index (χ2v) is 3.22. The predicted molar refractivity (Wildman–Crippen MR) is 55.7 cm³/mol. The first-order valence-electron chi connectivity index (χ1n) is 4.44. The zero-order valence-corrected chi connectivity index (χ0v) is 8.27. The topological polar surface area (TPSA) is 95.2 Å². The van der Waals surface area contributed by atoms with Crippen LogP contribution in [0.25, 0.3) is 5.57 Å². The molecule has 0 aromatic heterocycles. The number of allylic oxidation sites excluding steroid dienone is 2. The van der Waals surface area contributed by atoms with Crippen LogP contribution in [0.4, 0.5) is 0 Å². The summed E-state index contributed by atoms with van der Waals surface area (Å²) in [5.74, 6) is -0.0244. The maximum Gasteiger partial charge on any atom is 0.167 e. The largest absolute Gasteiger partial charge is 0.294 e. The van der Waals surface area contributed by atoms with E-state index in [1.165, 1.54) is 0 Å². The smallest absolute Gasteiger partial charge is 0.167 e. The van der Waals surface area contributed by atoms with Gasteiger partial charge in [-0.3, -0.25) is 4.79 Å². The minimum atomic E-state index is -0.0244. The molecule has 0 amide bonds. The van der Waals surface area contributed by atoms with Crippen molar-refractivity contribution in [1.29, 1.82) is 10.5 Å². The average Bonchev–Trinajstić information content (AvgIpc) is 2.60. The fourth-order valence-electron chi connectivity index (χ4n) is 1.72. The molecule has 0 N–H and O–H groups in total. The highest BCUT2D eigenvalue weighted by Gasteiger charge is 2.26. The van der Waals surface area contributed by atoms with E-state index in [9.17, 15) is 4.79 Å². The Bertz CT molecular complexity index is 542. The van der Waals surface area contributed by atoms with Crippen LogP contribution < -0.4 is 6.15 Å². The molecule has 0 aliphatic heterocycles. The van der Waals surface area contributed by atoms with Crippen LogP contribution in [0.15, 0.2) is 29.8 Å². The number of fused-ring (bicyclic) bond motifs is 1. The number of carbonyl (C=O) groups excluding carboxylic acids is 1. The first kappa shape index (κ1) is 11.6. The third-order valence-electron chi connectivity index (χ3n) is 2.42. The molecule has 4 heteroatoms. The number of rotatable bonds is 0. The van der Waals surface area contributed by atoms with Crippen LogP contribution in [-0.2, 0) is 0 Å². The molecule has 0 atom stereocenters. The number of ketones is 1. The summed E-state index contributed by atoms with van der Waals surface area (Å²) >= 11 is 0. The number of hydrogen-bond donors (Lipinski definition) is 0. The molecule has 1 aliphatic rings. The Morgan fingerprint density at radius 1 is 1.12 bits per heavy atom. The molecule has 3 radical (unpaired) electrons. The van der Waals surface area contributed by atoms with Gasteiger partial charge in [0, 0.05) is 18.1 Å². The van der Waals surface area contributed by atoms with E-state index < -0.39 is 0 Å². The summed E-state index contributed by atoms with van der Waals surface area (Å²) in [5, 5.41) is 17.5. The molecule has 0 unspecified atom stereocenters. The molecule has 16 heavy (non-hydrogen) atoms. The fraction of sp³-hybridized carbons (Fsp3) is 0.0833. The van der Waals surface area contributed by atoms with Crippen molar-refractivity contribution in [3.8, 4) is 12.1 Å². The van der Waals surface area contributed by atoms with Gasteiger partial charge in [0.1, 0.15) is 17.7 Å². The van der Waals surface area contributed by atoms with E-state index >= 15 is 0 Å². The summed E-state index contributed by atoms with van der Waals surface area (Å²) in [7, 11) is 0. The number of Topliss-reactive ketones (excluding diaryl/α,β-unsaturated/α-hetero) is 1. The molecular weight excluding hydrogens is 202 g/mol. The SMILES string of the molecule is N#CC(C#N)=C1CC(=O)c2ccccc21.[N]. The lowest BCUT2D eigenvalue weighted by Gasteiger charge is -1.97. The Balaban J connectivity index is 0.00000128. The van der Waals surface area contributed by atoms with Crippen LogP contribution >= 0.6 is 0 Å². The van der Waals surface area contributed by atoms with Gasteiger partial charge in [-0.15, -0.1) is 0 Å². The number of benzene rings is 1. The van der Waals surface area contributed by atoms with Crippen molar-refractivity contribution in [2.24, 2.45) is 0 Å². The van der Waals surface area contributed by atoms with Gasteiger partial charge in [0.05, 0.1) is 0 Å². The van der Waals surface area contributed by atoms with Crippen molar-refractivity contribution in [1.82, 2.24) is 6.15 Å². The van der Waals surface area contributed by atoms with E-state index in [-0.39, 0.29) is 23.9 Å². The van der Waals surface area contributed by atoms with Gasteiger partial charge in [0.25, 0.3) is 0 Å². The van der Waals surface area contributed by atoms with Crippen molar-refractivity contribution >= 4 is 11.4 Å². The maximum atomic E-state index is 11.6. The molecule has 0 saturated heterocycles. The third-order valence-corrected chi connectivity index (χ3v) is 2.42. The van der Waals surface area contributed by atoms with Gasteiger partial charge in [-0.2, -0.15) is 10.5 Å². The van der Waals surface area contributed by atoms with Crippen molar-refractivity contribution in [2.45, 2.75) is 6.42 Å². The first-order valence-corrected chi connectivity index (χ1v) is 4.44. The Kier molecular flexibility index (Phi) is 3.20. The molecule has 0 bridgehead atoms. The van der Waals surface area contributed by atoms with E-state index in [0.29, 0.717) is 11.1 Å². The molecule has 1 aromatic rings. The van der Waals surface area contributed by atoms with Crippen LogP contribution in [0.2, 0.25) is 0 Å². The van der Waals surface area contributed by atoms with Gasteiger partial charge >= 0.3 is 0 Å². The average molecular weight is 208 g/mol. The van der Waals surface area contributed by atoms with Crippen LogP contribution in [0.5, 0.6) is 0 Å². The van der Waals surface area contributed by atoms with Gasteiger partial charge in [-0.1, -0.05) is 24.3 Å². The van der Waals surface area contributed by atoms with Gasteiger partial charge in [-0.05, 0) is 11.1 Å². The Morgan fingerprint density at radius 2 is 1.69 bits per heavy atom. The van der Waals surface area contributed by atoms with Crippen LogP contribution in [0, 0.1) is 22.7 Å². The number of nitriles is 2. The Hall–Kier alpha value is -2.43. The monoisotopic (exact) mass is 208 g/mol. The summed E-state index contributed by atoms with van der Waals surface area (Å²) in [6, 6.07) is 10.7. The van der Waals surface area contributed by atoms with E-state index in [1.54, 1.807) is 24.3 Å². The summed E-state index contributed by atoms with van der Waals surface area (Å²) < 4.78 is 0. The lowest BCUT2D eigenvalue weighted by Crippen LogP contribution is -1.89. The van der Waals surface area contributed by atoms with Crippen molar-refractivity contribution in [3.63, 3.8) is 0 Å². The maximum absolute atomic E-state index is 11.6. The normalized spacial score (nSPS) is 12.1. The minimum absolute atomic E-state index is 0. The summed E-state index contributed by atoms with van der Waals surface area (Å²) in [4.78, 5) is 11.6. The quantitative estimate of drug-likeness (QED) is 0.605. The number of hydrogen-bond acceptors (Lipinski definition) is 3. The van der Waals surface area contributed by atoms with Gasteiger partial charge in [0.15, 0.2) is 5.78 Å². The predicted octanol–water partition coefficient (Wildman–Crippen LogP) is 1.59. The lowest BCUT2D eigenvalue weighted by molar-refractivity contribution is 0.100. The summed E-state index contributed by atoms with van der Waals surface area (Å²) in [5.41, 5.74) is 1.92. The summed E-state index contributed by atoms with van der Waals surface area (Å²) in [6.07, 6.45) is 0.162. The van der Waals surface area contributed by atoms with E-state index in [2.05, 4.69) is 0 Å². The van der Waals surface area contributed by atoms with E-state index in [0.717, 1.165) is 5.56 Å². The molecule has 4 nitrogen and oxygen atoms in total. The summed E-state index contributed by atoms with van der Waals surface area (Å²) in [6.45, 7) is 0. The fourth-order valence-corrected chi connectivity index (χ4v) is 1.72. The second-order valence-electron chi connectivity index (χ2n) is 3.22. The lowest BCUT2D eigenvalue weighted by atomic mass is 10.0. The van der Waals surface area contributed by atoms with Crippen LogP contribution in [0.1, 0.15) is 22.3 Å². The Labute approximate surface area is 93.0 Å². The molecule has 2 rings (SSSR count). The molecule has 75 valence electrons. The minimum Gasteiger partial charge on any atom is -0.294 e. The molecule has 0 saturated carbocycles. The molecule has 0 heterocycles. The number of nitrogens with zero attached hydrogens (tertiary/aromatic N) is 3. The molecule has 0 fully saturated rings. The van der Waals surface area contributed by atoms with Crippen molar-refractivity contribution < 1.29 is 4.79 Å². The molecular formula is C12H6N3O. The Morgan fingerprint density at radius 3 is 2.25 bits per heavy atom. The van der Waals surface area contributed by atoms with E-state index in [1.807, 2.05) is 12.1 Å². The number of carbonyl (C=O) groups is 1. The second kappa shape index (κ2) is 4.39. The highest BCUT2D eigenvalue weighted by Crippen LogP contribution is 2.33. The third kappa shape index (κ3) is 1.58. The van der Waals surface area contributed by atoms with Gasteiger partial charge < -0.3 is 0 Å². The van der Waals surface area contributed by atoms with Gasteiger partial charge in [-0.25, -0.2) is 0 Å².